The quantitative estimate of drug-likeness (QED) is 0.788. The van der Waals surface area contributed by atoms with Crippen LogP contribution in [0.25, 0.3) is 0 Å². The first-order chi connectivity index (χ1) is 7.67. The van der Waals surface area contributed by atoms with E-state index in [-0.39, 0.29) is 0 Å². The number of nitrogens with two attached hydrogens (primary N) is 1. The summed E-state index contributed by atoms with van der Waals surface area (Å²) in [6.07, 6.45) is 6.26. The lowest BCUT2D eigenvalue weighted by atomic mass is 9.84. The van der Waals surface area contributed by atoms with Gasteiger partial charge in [-0.1, -0.05) is 12.5 Å². The molecule has 3 N–H and O–H groups in total. The first-order valence-corrected chi connectivity index (χ1v) is 7.03. The van der Waals surface area contributed by atoms with E-state index in [1.54, 1.807) is 0 Å². The van der Waals surface area contributed by atoms with E-state index in [9.17, 15) is 0 Å². The third-order valence-corrected chi connectivity index (χ3v) is 5.09. The summed E-state index contributed by atoms with van der Waals surface area (Å²) in [5, 5.41) is 3.55. The maximum atomic E-state index is 5.89. The van der Waals surface area contributed by atoms with Crippen molar-refractivity contribution in [1.82, 2.24) is 0 Å². The first kappa shape index (κ1) is 11.6. The van der Waals surface area contributed by atoms with E-state index in [4.69, 9.17) is 5.73 Å². The van der Waals surface area contributed by atoms with Gasteiger partial charge in [-0.3, -0.25) is 0 Å². The van der Waals surface area contributed by atoms with Crippen LogP contribution in [-0.2, 0) is 0 Å². The van der Waals surface area contributed by atoms with Gasteiger partial charge in [0, 0.05) is 22.7 Å². The summed E-state index contributed by atoms with van der Waals surface area (Å²) in [7, 11) is 0. The first-order valence-electron chi connectivity index (χ1n) is 5.81. The molecule has 2 nitrogen and oxygen atoms in total. The zero-order chi connectivity index (χ0) is 11.6. The van der Waals surface area contributed by atoms with Gasteiger partial charge in [-0.2, -0.15) is 11.8 Å². The number of nitrogens with one attached hydrogen (secondary N) is 1. The lowest BCUT2D eigenvalue weighted by Crippen LogP contribution is -2.40. The Balaban J connectivity index is 2.02. The van der Waals surface area contributed by atoms with Gasteiger partial charge in [0.15, 0.2) is 0 Å². The van der Waals surface area contributed by atoms with Gasteiger partial charge in [0.1, 0.15) is 0 Å². The Morgan fingerprint density at radius 1 is 1.44 bits per heavy atom. The van der Waals surface area contributed by atoms with Crippen molar-refractivity contribution in [2.45, 2.75) is 30.9 Å². The Morgan fingerprint density at radius 3 is 2.75 bits per heavy atom. The monoisotopic (exact) mass is 236 g/mol. The van der Waals surface area contributed by atoms with E-state index < -0.39 is 0 Å². The molecule has 0 spiro atoms. The maximum absolute atomic E-state index is 5.89. The van der Waals surface area contributed by atoms with Crippen molar-refractivity contribution in [1.29, 1.82) is 0 Å². The number of thioether (sulfide) groups is 1. The second-order valence-electron chi connectivity index (χ2n) is 4.61. The smallest absolute Gasteiger partial charge is 0.0391 e. The molecule has 0 aromatic heterocycles. The Bertz CT molecular complexity index is 367. The average Bonchev–Trinajstić information content (AvgIpc) is 2.23. The van der Waals surface area contributed by atoms with Gasteiger partial charge in [0.05, 0.1) is 0 Å². The van der Waals surface area contributed by atoms with Crippen LogP contribution in [0.3, 0.4) is 0 Å². The van der Waals surface area contributed by atoms with E-state index in [1.807, 2.05) is 23.9 Å². The van der Waals surface area contributed by atoms with Crippen molar-refractivity contribution in [3.05, 3.63) is 23.8 Å². The van der Waals surface area contributed by atoms with Crippen LogP contribution in [0.4, 0.5) is 11.4 Å². The lowest BCUT2D eigenvalue weighted by Gasteiger charge is -2.40. The molecule has 88 valence electrons. The number of rotatable bonds is 4. The minimum Gasteiger partial charge on any atom is -0.398 e. The normalized spacial score (nSPS) is 17.9. The fourth-order valence-corrected chi connectivity index (χ4v) is 3.04. The van der Waals surface area contributed by atoms with Gasteiger partial charge in [0.2, 0.25) is 0 Å². The van der Waals surface area contributed by atoms with Crippen LogP contribution in [0.15, 0.2) is 18.2 Å². The highest BCUT2D eigenvalue weighted by molar-refractivity contribution is 8.00. The molecule has 1 aliphatic rings. The summed E-state index contributed by atoms with van der Waals surface area (Å²) in [6, 6.07) is 6.07. The molecule has 0 radical (unpaired) electrons. The molecule has 16 heavy (non-hydrogen) atoms. The zero-order valence-corrected chi connectivity index (χ0v) is 10.9. The van der Waals surface area contributed by atoms with Crippen LogP contribution in [0.2, 0.25) is 0 Å². The molecule has 1 aromatic carbocycles. The van der Waals surface area contributed by atoms with E-state index >= 15 is 0 Å². The summed E-state index contributed by atoms with van der Waals surface area (Å²) in [5.74, 6) is 0. The van der Waals surface area contributed by atoms with Crippen molar-refractivity contribution in [3.8, 4) is 0 Å². The topological polar surface area (TPSA) is 38.0 Å². The molecule has 3 heteroatoms. The van der Waals surface area contributed by atoms with Crippen LogP contribution in [0, 0.1) is 6.92 Å². The van der Waals surface area contributed by atoms with Crippen LogP contribution in [0.1, 0.15) is 24.8 Å². The summed E-state index contributed by atoms with van der Waals surface area (Å²) in [4.78, 5) is 0. The second kappa shape index (κ2) is 4.58. The summed E-state index contributed by atoms with van der Waals surface area (Å²) in [6.45, 7) is 3.13. The molecule has 1 fully saturated rings. The van der Waals surface area contributed by atoms with Gasteiger partial charge in [-0.25, -0.2) is 0 Å². The van der Waals surface area contributed by atoms with E-state index in [1.165, 1.54) is 24.9 Å². The minimum atomic E-state index is 0.469. The maximum Gasteiger partial charge on any atom is 0.0391 e. The summed E-state index contributed by atoms with van der Waals surface area (Å²) in [5.41, 5.74) is 9.11. The Morgan fingerprint density at radius 2 is 2.19 bits per heavy atom. The molecule has 0 bridgehead atoms. The number of hydrogen-bond donors (Lipinski definition) is 2. The van der Waals surface area contributed by atoms with Crippen molar-refractivity contribution in [2.24, 2.45) is 0 Å². The van der Waals surface area contributed by atoms with Crippen LogP contribution < -0.4 is 11.1 Å². The predicted molar refractivity (Wildman–Crippen MR) is 74.2 cm³/mol. The predicted octanol–water partition coefficient (Wildman–Crippen LogP) is 3.27. The van der Waals surface area contributed by atoms with Crippen LogP contribution in [-0.4, -0.2) is 17.5 Å². The van der Waals surface area contributed by atoms with Crippen molar-refractivity contribution in [3.63, 3.8) is 0 Å². The Labute approximate surface area is 102 Å². The van der Waals surface area contributed by atoms with Gasteiger partial charge in [-0.05, 0) is 43.7 Å². The molecule has 2 rings (SSSR count). The van der Waals surface area contributed by atoms with Gasteiger partial charge in [0.25, 0.3) is 0 Å². The number of benzene rings is 1. The van der Waals surface area contributed by atoms with Gasteiger partial charge < -0.3 is 11.1 Å². The fourth-order valence-electron chi connectivity index (χ4n) is 2.13. The molecule has 1 aliphatic carbocycles. The number of nitrogen functional groups attached to an aromatic ring is 1. The molecule has 0 atom stereocenters. The van der Waals surface area contributed by atoms with Crippen LogP contribution in [0.5, 0.6) is 0 Å². The molecular weight excluding hydrogens is 216 g/mol. The SMILES string of the molecule is CSC1(CNc2cccc(N)c2C)CCC1. The molecule has 1 aromatic rings. The average molecular weight is 236 g/mol. The largest absolute Gasteiger partial charge is 0.398 e. The lowest BCUT2D eigenvalue weighted by molar-refractivity contribution is 0.380. The molecule has 0 unspecified atom stereocenters. The zero-order valence-electron chi connectivity index (χ0n) is 10.0. The highest BCUT2D eigenvalue weighted by Crippen LogP contribution is 2.42. The van der Waals surface area contributed by atoms with Crippen LogP contribution >= 0.6 is 11.8 Å². The van der Waals surface area contributed by atoms with E-state index in [0.29, 0.717) is 4.75 Å². The highest BCUT2D eigenvalue weighted by Gasteiger charge is 2.35. The third kappa shape index (κ3) is 2.14. The number of anilines is 2. The molecule has 0 aliphatic heterocycles. The molecule has 0 amide bonds. The van der Waals surface area contributed by atoms with E-state index in [2.05, 4.69) is 24.6 Å². The highest BCUT2D eigenvalue weighted by atomic mass is 32.2. The molecular formula is C13H20N2S. The number of hydrogen-bond acceptors (Lipinski definition) is 3. The van der Waals surface area contributed by atoms with Gasteiger partial charge in [-0.15, -0.1) is 0 Å². The summed E-state index contributed by atoms with van der Waals surface area (Å²) >= 11 is 1.99. The second-order valence-corrected chi connectivity index (χ2v) is 5.89. The third-order valence-electron chi connectivity index (χ3n) is 3.67. The minimum absolute atomic E-state index is 0.469. The van der Waals surface area contributed by atoms with Crippen molar-refractivity contribution < 1.29 is 0 Å². The summed E-state index contributed by atoms with van der Waals surface area (Å²) < 4.78 is 0.469. The fraction of sp³-hybridized carbons (Fsp3) is 0.538. The molecule has 0 heterocycles. The van der Waals surface area contributed by atoms with E-state index in [0.717, 1.165) is 17.8 Å². The molecule has 0 saturated heterocycles. The van der Waals surface area contributed by atoms with Gasteiger partial charge >= 0.3 is 0 Å². The standard InChI is InChI=1S/C13H20N2S/c1-10-11(14)5-3-6-12(10)15-9-13(16-2)7-4-8-13/h3,5-6,15H,4,7-9,14H2,1-2H3. The Kier molecular flexibility index (Phi) is 3.33. The van der Waals surface area contributed by atoms with Crippen molar-refractivity contribution >= 4 is 23.1 Å². The van der Waals surface area contributed by atoms with Crippen molar-refractivity contribution in [2.75, 3.05) is 23.9 Å². The Hall–Kier alpha value is -0.830. The molecule has 1 saturated carbocycles.